The van der Waals surface area contributed by atoms with Crippen molar-refractivity contribution in [3.63, 3.8) is 0 Å². The van der Waals surface area contributed by atoms with E-state index in [1.807, 2.05) is 18.8 Å². The summed E-state index contributed by atoms with van der Waals surface area (Å²) in [4.78, 5) is 0. The summed E-state index contributed by atoms with van der Waals surface area (Å²) in [5.74, 6) is 0.579. The molecule has 3 nitrogen and oxygen atoms in total. The van der Waals surface area contributed by atoms with E-state index < -0.39 is 0 Å². The lowest BCUT2D eigenvalue weighted by atomic mass is 9.95. The molecule has 0 fully saturated rings. The van der Waals surface area contributed by atoms with Gasteiger partial charge in [-0.25, -0.2) is 0 Å². The van der Waals surface area contributed by atoms with E-state index >= 15 is 0 Å². The fraction of sp³-hybridized carbons (Fsp3) is 0.500. The fourth-order valence-corrected chi connectivity index (χ4v) is 2.82. The van der Waals surface area contributed by atoms with Crippen molar-refractivity contribution >= 4 is 0 Å². The van der Waals surface area contributed by atoms with E-state index in [9.17, 15) is 0 Å². The van der Waals surface area contributed by atoms with Crippen LogP contribution in [0.1, 0.15) is 53.9 Å². The lowest BCUT2D eigenvalue weighted by molar-refractivity contribution is 0.588. The fourth-order valence-electron chi connectivity index (χ4n) is 2.82. The molecule has 0 saturated heterocycles. The first-order valence-corrected chi connectivity index (χ1v) is 7.70. The third-order valence-electron chi connectivity index (χ3n) is 4.42. The van der Waals surface area contributed by atoms with Gasteiger partial charge in [-0.2, -0.15) is 5.10 Å². The number of likely N-dealkylation sites (N-methyl/N-ethyl adjacent to an activating group) is 1. The number of nitrogens with zero attached hydrogens (tertiary/aromatic N) is 2. The minimum Gasteiger partial charge on any atom is -0.313 e. The van der Waals surface area contributed by atoms with Crippen molar-refractivity contribution in [3.8, 4) is 0 Å². The SMILES string of the molecule is CNC(Cc1c(C)nn(C)c1C)c1ccc(C(C)C)cc1. The highest BCUT2D eigenvalue weighted by Crippen LogP contribution is 2.24. The number of rotatable bonds is 5. The van der Waals surface area contributed by atoms with Gasteiger partial charge >= 0.3 is 0 Å². The van der Waals surface area contributed by atoms with Crippen molar-refractivity contribution in [1.29, 1.82) is 0 Å². The van der Waals surface area contributed by atoms with Crippen molar-refractivity contribution in [2.24, 2.45) is 7.05 Å². The highest BCUT2D eigenvalue weighted by atomic mass is 15.3. The zero-order chi connectivity index (χ0) is 15.6. The maximum atomic E-state index is 4.52. The number of aromatic nitrogens is 2. The number of nitrogens with one attached hydrogen (secondary N) is 1. The zero-order valence-corrected chi connectivity index (χ0v) is 14.1. The monoisotopic (exact) mass is 285 g/mol. The zero-order valence-electron chi connectivity index (χ0n) is 14.1. The molecule has 1 aromatic carbocycles. The average Bonchev–Trinajstić information content (AvgIpc) is 2.70. The predicted octanol–water partition coefficient (Wildman–Crippen LogP) is 3.66. The lowest BCUT2D eigenvalue weighted by Crippen LogP contribution is -2.19. The second kappa shape index (κ2) is 6.44. The van der Waals surface area contributed by atoms with Crippen LogP contribution in [0.25, 0.3) is 0 Å². The van der Waals surface area contributed by atoms with E-state index in [2.05, 4.69) is 62.4 Å². The van der Waals surface area contributed by atoms with Crippen LogP contribution < -0.4 is 5.32 Å². The molecule has 2 aromatic rings. The van der Waals surface area contributed by atoms with Gasteiger partial charge in [-0.05, 0) is 49.9 Å². The van der Waals surface area contributed by atoms with Gasteiger partial charge in [0, 0.05) is 18.8 Å². The van der Waals surface area contributed by atoms with Gasteiger partial charge in [0.25, 0.3) is 0 Å². The van der Waals surface area contributed by atoms with Gasteiger partial charge in [-0.15, -0.1) is 0 Å². The number of hydrogen-bond donors (Lipinski definition) is 1. The standard InChI is InChI=1S/C18H27N3/c1-12(2)15-7-9-16(10-8-15)18(19-5)11-17-13(3)20-21(6)14(17)4/h7-10,12,18-19H,11H2,1-6H3. The van der Waals surface area contributed by atoms with Crippen LogP contribution >= 0.6 is 0 Å². The summed E-state index contributed by atoms with van der Waals surface area (Å²) in [6.07, 6.45) is 0.975. The topological polar surface area (TPSA) is 29.9 Å². The van der Waals surface area contributed by atoms with Gasteiger partial charge in [-0.3, -0.25) is 4.68 Å². The Hall–Kier alpha value is -1.61. The molecule has 21 heavy (non-hydrogen) atoms. The molecular weight excluding hydrogens is 258 g/mol. The minimum absolute atomic E-state index is 0.327. The molecule has 0 amide bonds. The Labute approximate surface area is 128 Å². The van der Waals surface area contributed by atoms with Gasteiger partial charge < -0.3 is 5.32 Å². The van der Waals surface area contributed by atoms with E-state index in [1.54, 1.807) is 0 Å². The summed E-state index contributed by atoms with van der Waals surface area (Å²) < 4.78 is 1.97. The Kier molecular flexibility index (Phi) is 4.84. The molecule has 2 rings (SSSR count). The molecule has 0 radical (unpaired) electrons. The molecule has 1 aromatic heterocycles. The van der Waals surface area contributed by atoms with Crippen LogP contribution in [-0.2, 0) is 13.5 Å². The normalized spacial score (nSPS) is 12.9. The summed E-state index contributed by atoms with van der Waals surface area (Å²) in [5, 5.41) is 7.96. The quantitative estimate of drug-likeness (QED) is 0.908. The van der Waals surface area contributed by atoms with E-state index in [1.165, 1.54) is 22.4 Å². The maximum absolute atomic E-state index is 4.52. The lowest BCUT2D eigenvalue weighted by Gasteiger charge is -2.18. The van der Waals surface area contributed by atoms with Crippen LogP contribution in [0.15, 0.2) is 24.3 Å². The highest BCUT2D eigenvalue weighted by Gasteiger charge is 2.16. The molecule has 1 atom stereocenters. The average molecular weight is 285 g/mol. The van der Waals surface area contributed by atoms with Crippen LogP contribution in [0, 0.1) is 13.8 Å². The molecule has 114 valence electrons. The Morgan fingerprint density at radius 1 is 1.10 bits per heavy atom. The maximum Gasteiger partial charge on any atom is 0.0629 e. The van der Waals surface area contributed by atoms with Gasteiger partial charge in [-0.1, -0.05) is 38.1 Å². The van der Waals surface area contributed by atoms with E-state index in [0.717, 1.165) is 12.1 Å². The van der Waals surface area contributed by atoms with Crippen molar-refractivity contribution in [2.45, 2.75) is 46.1 Å². The van der Waals surface area contributed by atoms with Crippen LogP contribution in [0.3, 0.4) is 0 Å². The van der Waals surface area contributed by atoms with Crippen LogP contribution in [0.5, 0.6) is 0 Å². The molecular formula is C18H27N3. The van der Waals surface area contributed by atoms with Crippen molar-refractivity contribution in [2.75, 3.05) is 7.05 Å². The smallest absolute Gasteiger partial charge is 0.0629 e. The predicted molar refractivity (Wildman–Crippen MR) is 88.7 cm³/mol. The summed E-state index contributed by atoms with van der Waals surface area (Å²) >= 11 is 0. The third-order valence-corrected chi connectivity index (χ3v) is 4.42. The second-order valence-corrected chi connectivity index (χ2v) is 6.14. The van der Waals surface area contributed by atoms with Gasteiger partial charge in [0.05, 0.1) is 5.69 Å². The first-order chi connectivity index (χ1) is 9.93. The van der Waals surface area contributed by atoms with Gasteiger partial charge in [0.15, 0.2) is 0 Å². The molecule has 0 aliphatic carbocycles. The summed E-state index contributed by atoms with van der Waals surface area (Å²) in [7, 11) is 4.04. The molecule has 0 saturated carbocycles. The Morgan fingerprint density at radius 2 is 1.67 bits per heavy atom. The number of benzene rings is 1. The van der Waals surface area contributed by atoms with Gasteiger partial charge in [0.2, 0.25) is 0 Å². The van der Waals surface area contributed by atoms with Crippen LogP contribution in [0.4, 0.5) is 0 Å². The molecule has 3 heteroatoms. The molecule has 0 spiro atoms. The molecule has 1 heterocycles. The van der Waals surface area contributed by atoms with Crippen molar-refractivity contribution in [1.82, 2.24) is 15.1 Å². The Morgan fingerprint density at radius 3 is 2.10 bits per heavy atom. The number of hydrogen-bond acceptors (Lipinski definition) is 2. The van der Waals surface area contributed by atoms with Gasteiger partial charge in [0.1, 0.15) is 0 Å². The first kappa shape index (κ1) is 15.8. The van der Waals surface area contributed by atoms with Crippen molar-refractivity contribution < 1.29 is 0 Å². The van der Waals surface area contributed by atoms with Crippen LogP contribution in [-0.4, -0.2) is 16.8 Å². The molecule has 0 bridgehead atoms. The Bertz CT molecular complexity index is 594. The molecule has 0 aliphatic heterocycles. The summed E-state index contributed by atoms with van der Waals surface area (Å²) in [6, 6.07) is 9.31. The van der Waals surface area contributed by atoms with E-state index in [-0.39, 0.29) is 0 Å². The number of aryl methyl sites for hydroxylation is 2. The largest absolute Gasteiger partial charge is 0.313 e. The Balaban J connectivity index is 2.23. The van der Waals surface area contributed by atoms with E-state index in [0.29, 0.717) is 12.0 Å². The molecule has 0 aliphatic rings. The minimum atomic E-state index is 0.327. The van der Waals surface area contributed by atoms with Crippen LogP contribution in [0.2, 0.25) is 0 Å². The third kappa shape index (κ3) is 3.35. The summed E-state index contributed by atoms with van der Waals surface area (Å²) in [6.45, 7) is 8.70. The highest BCUT2D eigenvalue weighted by molar-refractivity contribution is 5.31. The second-order valence-electron chi connectivity index (χ2n) is 6.14. The van der Waals surface area contributed by atoms with Crippen molar-refractivity contribution in [3.05, 3.63) is 52.3 Å². The molecule has 1 unspecified atom stereocenters. The first-order valence-electron chi connectivity index (χ1n) is 7.70. The summed E-state index contributed by atoms with van der Waals surface area (Å²) in [5.41, 5.74) is 6.47. The molecule has 1 N–H and O–H groups in total. The van der Waals surface area contributed by atoms with E-state index in [4.69, 9.17) is 0 Å².